The van der Waals surface area contributed by atoms with Gasteiger partial charge in [-0.15, -0.1) is 0 Å². The molecule has 2 N–H and O–H groups in total. The molecule has 1 spiro atoms. The van der Waals surface area contributed by atoms with Crippen LogP contribution in [0.25, 0.3) is 0 Å². The first-order chi connectivity index (χ1) is 7.33. The zero-order chi connectivity index (χ0) is 12.1. The highest BCUT2D eigenvalue weighted by atomic mass is 19.3. The predicted molar refractivity (Wildman–Crippen MR) is 47.3 cm³/mol. The van der Waals surface area contributed by atoms with E-state index in [0.29, 0.717) is 0 Å². The van der Waals surface area contributed by atoms with Crippen LogP contribution in [0.3, 0.4) is 0 Å². The van der Waals surface area contributed by atoms with Crippen molar-refractivity contribution in [2.24, 2.45) is 11.3 Å². The molecule has 5 nitrogen and oxygen atoms in total. The van der Waals surface area contributed by atoms with Gasteiger partial charge in [0.05, 0.1) is 5.41 Å². The number of piperidine rings is 1. The van der Waals surface area contributed by atoms with Gasteiger partial charge in [-0.05, 0) is 12.8 Å². The molecule has 1 saturated heterocycles. The SMILES string of the molecule is O=C(O)C1C(F)(F)C12CCN(C(=O)O)CC2. The van der Waals surface area contributed by atoms with Crippen molar-refractivity contribution < 1.29 is 28.6 Å². The lowest BCUT2D eigenvalue weighted by Crippen LogP contribution is -2.40. The Morgan fingerprint density at radius 3 is 2.00 bits per heavy atom. The van der Waals surface area contributed by atoms with Crippen molar-refractivity contribution in [2.75, 3.05) is 13.1 Å². The highest BCUT2D eigenvalue weighted by molar-refractivity contribution is 5.78. The Labute approximate surface area is 89.6 Å². The molecule has 0 aromatic rings. The van der Waals surface area contributed by atoms with Crippen molar-refractivity contribution in [1.29, 1.82) is 0 Å². The predicted octanol–water partition coefficient (Wildman–Crippen LogP) is 1.10. The van der Waals surface area contributed by atoms with Gasteiger partial charge in [-0.3, -0.25) is 4.79 Å². The van der Waals surface area contributed by atoms with Crippen LogP contribution >= 0.6 is 0 Å². The molecule has 1 saturated carbocycles. The van der Waals surface area contributed by atoms with E-state index in [0.717, 1.165) is 4.90 Å². The normalized spacial score (nSPS) is 30.1. The Balaban J connectivity index is 2.09. The number of carboxylic acids is 1. The largest absolute Gasteiger partial charge is 0.481 e. The third-order valence-electron chi connectivity index (χ3n) is 3.67. The molecule has 1 atom stereocenters. The van der Waals surface area contributed by atoms with Gasteiger partial charge in [0.15, 0.2) is 0 Å². The Morgan fingerprint density at radius 1 is 1.19 bits per heavy atom. The van der Waals surface area contributed by atoms with E-state index < -0.39 is 29.3 Å². The second kappa shape index (κ2) is 3.05. The fraction of sp³-hybridized carbons (Fsp3) is 0.778. The third-order valence-corrected chi connectivity index (χ3v) is 3.67. The molecular formula is C9H11F2NO4. The number of likely N-dealkylation sites (tertiary alicyclic amines) is 1. The number of aliphatic carboxylic acids is 1. The zero-order valence-corrected chi connectivity index (χ0v) is 8.32. The van der Waals surface area contributed by atoms with Gasteiger partial charge in [0.2, 0.25) is 0 Å². The maximum absolute atomic E-state index is 13.4. The lowest BCUT2D eigenvalue weighted by molar-refractivity contribution is -0.141. The smallest absolute Gasteiger partial charge is 0.407 e. The van der Waals surface area contributed by atoms with Crippen molar-refractivity contribution in [1.82, 2.24) is 4.90 Å². The van der Waals surface area contributed by atoms with E-state index in [1.807, 2.05) is 0 Å². The fourth-order valence-electron chi connectivity index (χ4n) is 2.62. The second-order valence-electron chi connectivity index (χ2n) is 4.32. The van der Waals surface area contributed by atoms with Crippen molar-refractivity contribution >= 4 is 12.1 Å². The molecule has 1 aliphatic heterocycles. The first kappa shape index (κ1) is 11.1. The van der Waals surface area contributed by atoms with Crippen LogP contribution in [0.5, 0.6) is 0 Å². The molecule has 1 amide bonds. The van der Waals surface area contributed by atoms with Crippen LogP contribution in [0.4, 0.5) is 13.6 Å². The number of amides is 1. The van der Waals surface area contributed by atoms with E-state index >= 15 is 0 Å². The fourth-order valence-corrected chi connectivity index (χ4v) is 2.62. The number of hydrogen-bond acceptors (Lipinski definition) is 2. The van der Waals surface area contributed by atoms with Gasteiger partial charge < -0.3 is 15.1 Å². The number of halogens is 2. The zero-order valence-electron chi connectivity index (χ0n) is 8.32. The summed E-state index contributed by atoms with van der Waals surface area (Å²) in [6, 6.07) is 0. The number of hydrogen-bond donors (Lipinski definition) is 2. The van der Waals surface area contributed by atoms with Gasteiger partial charge in [-0.2, -0.15) is 0 Å². The van der Waals surface area contributed by atoms with Crippen molar-refractivity contribution in [3.05, 3.63) is 0 Å². The Kier molecular flexibility index (Phi) is 2.12. The lowest BCUT2D eigenvalue weighted by atomic mass is 9.90. The first-order valence-electron chi connectivity index (χ1n) is 4.91. The molecule has 2 fully saturated rings. The minimum atomic E-state index is -3.19. The van der Waals surface area contributed by atoms with Gasteiger partial charge in [0.1, 0.15) is 5.92 Å². The average Bonchev–Trinajstić information content (AvgIpc) is 2.62. The second-order valence-corrected chi connectivity index (χ2v) is 4.32. The maximum atomic E-state index is 13.4. The summed E-state index contributed by atoms with van der Waals surface area (Å²) < 4.78 is 26.7. The number of nitrogens with zero attached hydrogens (tertiary/aromatic N) is 1. The van der Waals surface area contributed by atoms with Crippen LogP contribution < -0.4 is 0 Å². The molecule has 90 valence electrons. The Hall–Kier alpha value is -1.40. The van der Waals surface area contributed by atoms with E-state index in [9.17, 15) is 18.4 Å². The molecule has 0 bridgehead atoms. The molecule has 0 radical (unpaired) electrons. The maximum Gasteiger partial charge on any atom is 0.407 e. The topological polar surface area (TPSA) is 77.8 Å². The first-order valence-corrected chi connectivity index (χ1v) is 4.91. The van der Waals surface area contributed by atoms with Crippen molar-refractivity contribution in [2.45, 2.75) is 18.8 Å². The molecular weight excluding hydrogens is 224 g/mol. The molecule has 1 unspecified atom stereocenters. The number of rotatable bonds is 1. The summed E-state index contributed by atoms with van der Waals surface area (Å²) in [5, 5.41) is 17.3. The van der Waals surface area contributed by atoms with E-state index in [4.69, 9.17) is 10.2 Å². The van der Waals surface area contributed by atoms with Crippen LogP contribution in [0.15, 0.2) is 0 Å². The van der Waals surface area contributed by atoms with Gasteiger partial charge in [-0.1, -0.05) is 0 Å². The molecule has 1 aliphatic carbocycles. The number of carbonyl (C=O) groups is 2. The monoisotopic (exact) mass is 235 g/mol. The van der Waals surface area contributed by atoms with E-state index in [1.54, 1.807) is 0 Å². The summed E-state index contributed by atoms with van der Waals surface area (Å²) in [7, 11) is 0. The van der Waals surface area contributed by atoms with Crippen LogP contribution in [0.2, 0.25) is 0 Å². The van der Waals surface area contributed by atoms with Crippen LogP contribution in [0, 0.1) is 11.3 Å². The Bertz CT molecular complexity index is 349. The standard InChI is InChI=1S/C9H11F2NO4/c10-9(11)5(6(13)14)8(9)1-3-12(4-2-8)7(15)16/h5H,1-4H2,(H,13,14)(H,15,16). The number of alkyl halides is 2. The summed E-state index contributed by atoms with van der Waals surface area (Å²) in [5.74, 6) is -6.33. The van der Waals surface area contributed by atoms with Gasteiger partial charge in [0.25, 0.3) is 5.92 Å². The van der Waals surface area contributed by atoms with Gasteiger partial charge in [-0.25, -0.2) is 13.6 Å². The van der Waals surface area contributed by atoms with Crippen molar-refractivity contribution in [3.8, 4) is 0 Å². The molecule has 0 aromatic carbocycles. The highest BCUT2D eigenvalue weighted by Gasteiger charge is 2.83. The average molecular weight is 235 g/mol. The summed E-state index contributed by atoms with van der Waals surface area (Å²) in [6.45, 7) is -0.0383. The quantitative estimate of drug-likeness (QED) is 0.713. The molecule has 0 aromatic heterocycles. The summed E-state index contributed by atoms with van der Waals surface area (Å²) in [6.07, 6.45) is -1.31. The molecule has 1 heterocycles. The van der Waals surface area contributed by atoms with Crippen LogP contribution in [-0.4, -0.2) is 46.2 Å². The summed E-state index contributed by atoms with van der Waals surface area (Å²) in [5.41, 5.74) is -1.51. The minimum Gasteiger partial charge on any atom is -0.481 e. The van der Waals surface area contributed by atoms with E-state index in [-0.39, 0.29) is 25.9 Å². The summed E-state index contributed by atoms with van der Waals surface area (Å²) in [4.78, 5) is 22.3. The number of carboxylic acid groups (broad SMARTS) is 2. The Morgan fingerprint density at radius 2 is 1.69 bits per heavy atom. The van der Waals surface area contributed by atoms with Crippen LogP contribution in [-0.2, 0) is 4.79 Å². The molecule has 2 rings (SSSR count). The van der Waals surface area contributed by atoms with E-state index in [1.165, 1.54) is 0 Å². The minimum absolute atomic E-state index is 0.0191. The van der Waals surface area contributed by atoms with Crippen molar-refractivity contribution in [3.63, 3.8) is 0 Å². The van der Waals surface area contributed by atoms with Gasteiger partial charge >= 0.3 is 12.1 Å². The third kappa shape index (κ3) is 1.20. The lowest BCUT2D eigenvalue weighted by Gasteiger charge is -2.30. The molecule has 7 heteroatoms. The highest BCUT2D eigenvalue weighted by Crippen LogP contribution is 2.70. The molecule has 2 aliphatic rings. The summed E-state index contributed by atoms with van der Waals surface area (Å²) >= 11 is 0. The van der Waals surface area contributed by atoms with Crippen LogP contribution in [0.1, 0.15) is 12.8 Å². The van der Waals surface area contributed by atoms with Gasteiger partial charge in [0, 0.05) is 13.1 Å². The van der Waals surface area contributed by atoms with E-state index in [2.05, 4.69) is 0 Å². The molecule has 16 heavy (non-hydrogen) atoms.